The average Bonchev–Trinajstić information content (AvgIpc) is 2.99. The van der Waals surface area contributed by atoms with E-state index in [1.165, 1.54) is 0 Å². The highest BCUT2D eigenvalue weighted by Gasteiger charge is 2.22. The van der Waals surface area contributed by atoms with Gasteiger partial charge in [0.25, 0.3) is 0 Å². The molecule has 0 radical (unpaired) electrons. The van der Waals surface area contributed by atoms with Gasteiger partial charge in [-0.15, -0.1) is 5.11 Å². The van der Waals surface area contributed by atoms with Crippen molar-refractivity contribution < 1.29 is 4.74 Å². The quantitative estimate of drug-likeness (QED) is 0.187. The molecule has 210 valence electrons. The summed E-state index contributed by atoms with van der Waals surface area (Å²) >= 11 is 0. The number of benzene rings is 5. The molecule has 0 N–H and O–H groups in total. The highest BCUT2D eigenvalue weighted by molar-refractivity contribution is 6.01. The Balaban J connectivity index is 1.42. The van der Waals surface area contributed by atoms with Crippen molar-refractivity contribution in [3.8, 4) is 11.5 Å². The molecule has 5 aromatic carbocycles. The van der Waals surface area contributed by atoms with Crippen LogP contribution in [-0.2, 0) is 0 Å². The molecule has 42 heavy (non-hydrogen) atoms. The normalized spacial score (nSPS) is 12.3. The summed E-state index contributed by atoms with van der Waals surface area (Å²) in [5, 5.41) is 13.6. The third-order valence-corrected chi connectivity index (χ3v) is 8.01. The van der Waals surface area contributed by atoms with Crippen LogP contribution < -0.4 is 25.0 Å². The number of aryl methyl sites for hydroxylation is 1. The molecule has 5 heteroatoms. The first kappa shape index (κ1) is 27.3. The minimum absolute atomic E-state index is 0.815. The van der Waals surface area contributed by atoms with E-state index in [9.17, 15) is 0 Å². The summed E-state index contributed by atoms with van der Waals surface area (Å²) in [5.74, 6) is 1.70. The van der Waals surface area contributed by atoms with E-state index < -0.39 is 0 Å². The Labute approximate surface area is 247 Å². The van der Waals surface area contributed by atoms with Crippen molar-refractivity contribution in [3.05, 3.63) is 118 Å². The zero-order valence-corrected chi connectivity index (χ0v) is 25.0. The molecule has 0 atom stereocenters. The topological polar surface area (TPSA) is 40.4 Å². The second-order valence-corrected chi connectivity index (χ2v) is 10.9. The average molecular weight is 553 g/mol. The van der Waals surface area contributed by atoms with Gasteiger partial charge in [0.2, 0.25) is 0 Å². The van der Waals surface area contributed by atoms with Gasteiger partial charge in [-0.25, -0.2) is 0 Å². The smallest absolute Gasteiger partial charge is 0.137 e. The van der Waals surface area contributed by atoms with E-state index in [0.717, 1.165) is 90.8 Å². The van der Waals surface area contributed by atoms with Gasteiger partial charge in [-0.2, -0.15) is 5.11 Å². The van der Waals surface area contributed by atoms with E-state index >= 15 is 0 Å². The van der Waals surface area contributed by atoms with Crippen molar-refractivity contribution in [1.29, 1.82) is 0 Å². The Morgan fingerprint density at radius 3 is 2.24 bits per heavy atom. The van der Waals surface area contributed by atoms with Crippen LogP contribution in [0.3, 0.4) is 0 Å². The molecule has 0 unspecified atom stereocenters. The monoisotopic (exact) mass is 552 g/mol. The molecule has 6 rings (SSSR count). The zero-order chi connectivity index (χ0) is 29.4. The first-order valence-electron chi connectivity index (χ1n) is 14.5. The van der Waals surface area contributed by atoms with Crippen LogP contribution in [0, 0.1) is 6.92 Å². The lowest BCUT2D eigenvalue weighted by Crippen LogP contribution is -2.23. The zero-order valence-electron chi connectivity index (χ0n) is 25.0. The molecule has 0 saturated heterocycles. The van der Waals surface area contributed by atoms with Crippen LogP contribution in [-0.4, -0.2) is 27.2 Å². The Bertz CT molecular complexity index is 1950. The molecule has 5 nitrogen and oxygen atoms in total. The van der Waals surface area contributed by atoms with Gasteiger partial charge in [0, 0.05) is 71.8 Å². The van der Waals surface area contributed by atoms with Gasteiger partial charge in [0.05, 0.1) is 11.4 Å². The minimum atomic E-state index is 0.815. The van der Waals surface area contributed by atoms with Gasteiger partial charge in [0.1, 0.15) is 11.5 Å². The molecular formula is C37H36N4O. The first-order valence-corrected chi connectivity index (χ1v) is 14.5. The Morgan fingerprint density at radius 2 is 1.50 bits per heavy atom. The number of anilines is 2. The van der Waals surface area contributed by atoms with Crippen molar-refractivity contribution in [3.63, 3.8) is 0 Å². The minimum Gasteiger partial charge on any atom is -0.456 e. The lowest BCUT2D eigenvalue weighted by molar-refractivity contribution is 0.472. The number of rotatable bonds is 7. The van der Waals surface area contributed by atoms with Crippen molar-refractivity contribution in [2.45, 2.75) is 20.8 Å². The van der Waals surface area contributed by atoms with Crippen LogP contribution in [0.4, 0.5) is 22.7 Å². The second kappa shape index (κ2) is 11.2. The molecule has 1 aliphatic rings. The summed E-state index contributed by atoms with van der Waals surface area (Å²) in [6, 6.07) is 31.5. The molecule has 0 bridgehead atoms. The third kappa shape index (κ3) is 4.92. The predicted molar refractivity (Wildman–Crippen MR) is 177 cm³/mol. The van der Waals surface area contributed by atoms with E-state index in [4.69, 9.17) is 4.74 Å². The van der Waals surface area contributed by atoms with Gasteiger partial charge in [0.15, 0.2) is 0 Å². The molecule has 1 heterocycles. The maximum Gasteiger partial charge on any atom is 0.137 e. The fraction of sp³-hybridized carbons (Fsp3) is 0.189. The standard InChI is InChI=1S/C37H36N4O/c1-7-41(8-2)27-15-18-32-36(23-27)42-35-21-24(3)13-16-31(35)37(32)28-17-14-26(22-25(28)4)38-39-33-19-20-34(40(5)6)30-12-10-9-11-29(30)33/h9-23H,3,7-8H2,1-2,4-6H3. The van der Waals surface area contributed by atoms with Crippen LogP contribution in [0.25, 0.3) is 22.9 Å². The van der Waals surface area contributed by atoms with E-state index in [-0.39, 0.29) is 0 Å². The van der Waals surface area contributed by atoms with E-state index in [1.807, 2.05) is 30.3 Å². The number of azo groups is 1. The van der Waals surface area contributed by atoms with Crippen molar-refractivity contribution in [1.82, 2.24) is 0 Å². The van der Waals surface area contributed by atoms with Gasteiger partial charge in [-0.05, 0) is 79.6 Å². The lowest BCUT2D eigenvalue weighted by Gasteiger charge is -2.26. The number of hydrogen-bond donors (Lipinski definition) is 0. The van der Waals surface area contributed by atoms with Gasteiger partial charge in [-0.1, -0.05) is 49.0 Å². The number of ether oxygens (including phenoxy) is 1. The highest BCUT2D eigenvalue weighted by atomic mass is 16.5. The maximum absolute atomic E-state index is 6.48. The van der Waals surface area contributed by atoms with Crippen LogP contribution in [0.1, 0.15) is 30.5 Å². The molecule has 0 fully saturated rings. The van der Waals surface area contributed by atoms with E-state index in [2.05, 4.69) is 122 Å². The molecule has 1 aliphatic heterocycles. The van der Waals surface area contributed by atoms with Crippen molar-refractivity contribution in [2.75, 3.05) is 37.0 Å². The van der Waals surface area contributed by atoms with Crippen LogP contribution in [0.5, 0.6) is 11.5 Å². The summed E-state index contributed by atoms with van der Waals surface area (Å²) in [5.41, 5.74) is 8.50. The molecule has 0 aliphatic carbocycles. The first-order chi connectivity index (χ1) is 20.4. The summed E-state index contributed by atoms with van der Waals surface area (Å²) in [6.07, 6.45) is 0. The predicted octanol–water partition coefficient (Wildman–Crippen LogP) is 8.24. The fourth-order valence-electron chi connectivity index (χ4n) is 5.85. The summed E-state index contributed by atoms with van der Waals surface area (Å²) in [7, 11) is 4.12. The van der Waals surface area contributed by atoms with Gasteiger partial charge in [-0.3, -0.25) is 0 Å². The number of nitrogens with zero attached hydrogens (tertiary/aromatic N) is 4. The Morgan fingerprint density at radius 1 is 0.738 bits per heavy atom. The van der Waals surface area contributed by atoms with E-state index in [0.29, 0.717) is 0 Å². The van der Waals surface area contributed by atoms with Crippen molar-refractivity contribution >= 4 is 45.7 Å². The molecule has 5 aromatic rings. The van der Waals surface area contributed by atoms with Gasteiger partial charge >= 0.3 is 0 Å². The van der Waals surface area contributed by atoms with Gasteiger partial charge < -0.3 is 14.5 Å². The fourth-order valence-corrected chi connectivity index (χ4v) is 5.85. The summed E-state index contributed by atoms with van der Waals surface area (Å²) < 4.78 is 6.48. The molecular weight excluding hydrogens is 516 g/mol. The lowest BCUT2D eigenvalue weighted by atomic mass is 9.89. The van der Waals surface area contributed by atoms with Crippen LogP contribution >= 0.6 is 0 Å². The molecule has 0 aromatic heterocycles. The SMILES string of the molecule is C=c1ccc2c(c1)Oc1cc(N(CC)CC)ccc1C=2c1ccc(N=Nc2ccc(N(C)C)c3ccccc23)cc1C. The maximum atomic E-state index is 6.48. The summed E-state index contributed by atoms with van der Waals surface area (Å²) in [6.45, 7) is 12.5. The third-order valence-electron chi connectivity index (χ3n) is 8.01. The van der Waals surface area contributed by atoms with Crippen LogP contribution in [0.15, 0.2) is 101 Å². The molecule has 0 saturated carbocycles. The van der Waals surface area contributed by atoms with E-state index in [1.54, 1.807) is 0 Å². The molecule has 0 spiro atoms. The Kier molecular flexibility index (Phi) is 7.26. The number of fused-ring (bicyclic) bond motifs is 3. The largest absolute Gasteiger partial charge is 0.456 e. The number of hydrogen-bond acceptors (Lipinski definition) is 5. The highest BCUT2D eigenvalue weighted by Crippen LogP contribution is 2.40. The van der Waals surface area contributed by atoms with Crippen LogP contribution in [0.2, 0.25) is 0 Å². The second-order valence-electron chi connectivity index (χ2n) is 10.9. The Hall–Kier alpha value is -4.90. The summed E-state index contributed by atoms with van der Waals surface area (Å²) in [4.78, 5) is 4.46. The van der Waals surface area contributed by atoms with Crippen molar-refractivity contribution in [2.24, 2.45) is 10.2 Å². The molecule has 0 amide bonds.